The van der Waals surface area contributed by atoms with Crippen LogP contribution in [0.1, 0.15) is 29.4 Å². The van der Waals surface area contributed by atoms with Crippen molar-refractivity contribution in [3.63, 3.8) is 0 Å². The summed E-state index contributed by atoms with van der Waals surface area (Å²) in [5.74, 6) is 0.902. The molecule has 4 aromatic rings. The van der Waals surface area contributed by atoms with Crippen LogP contribution < -0.4 is 5.32 Å². The number of rotatable bonds is 5. The third kappa shape index (κ3) is 3.16. The highest BCUT2D eigenvalue weighted by atomic mass is 16.5. The molecule has 1 saturated carbocycles. The van der Waals surface area contributed by atoms with Crippen molar-refractivity contribution in [2.45, 2.75) is 18.9 Å². The first-order valence-corrected chi connectivity index (χ1v) is 9.00. The fourth-order valence-electron chi connectivity index (χ4n) is 3.00. The summed E-state index contributed by atoms with van der Waals surface area (Å²) in [4.78, 5) is 12.6. The molecule has 28 heavy (non-hydrogen) atoms. The van der Waals surface area contributed by atoms with Gasteiger partial charge in [-0.05, 0) is 35.4 Å². The minimum Gasteiger partial charge on any atom is -0.355 e. The molecule has 2 aromatic heterocycles. The molecule has 0 bridgehead atoms. The smallest absolute Gasteiger partial charge is 0.277 e. The summed E-state index contributed by atoms with van der Waals surface area (Å²) in [7, 11) is 0. The van der Waals surface area contributed by atoms with Crippen molar-refractivity contribution in [2.75, 3.05) is 5.32 Å². The van der Waals surface area contributed by atoms with Gasteiger partial charge < -0.3 is 9.84 Å². The van der Waals surface area contributed by atoms with Gasteiger partial charge in [-0.15, -0.1) is 5.10 Å². The number of aromatic nitrogens is 5. The minimum atomic E-state index is -0.343. The van der Waals surface area contributed by atoms with Crippen LogP contribution >= 0.6 is 0 Å². The maximum Gasteiger partial charge on any atom is 0.277 e. The third-order valence-electron chi connectivity index (χ3n) is 4.57. The summed E-state index contributed by atoms with van der Waals surface area (Å²) in [6.07, 6.45) is 2.18. The molecule has 0 unspecified atom stereocenters. The summed E-state index contributed by atoms with van der Waals surface area (Å²) in [6, 6.07) is 18.9. The number of amides is 1. The van der Waals surface area contributed by atoms with Crippen molar-refractivity contribution in [1.29, 1.82) is 0 Å². The molecule has 0 atom stereocenters. The van der Waals surface area contributed by atoms with Crippen LogP contribution in [0, 0.1) is 0 Å². The van der Waals surface area contributed by atoms with Crippen LogP contribution in [0.4, 0.5) is 5.69 Å². The molecule has 0 spiro atoms. The van der Waals surface area contributed by atoms with Crippen LogP contribution in [0.2, 0.25) is 0 Å². The maximum atomic E-state index is 12.6. The summed E-state index contributed by atoms with van der Waals surface area (Å²) >= 11 is 0. The first-order valence-electron chi connectivity index (χ1n) is 9.00. The molecule has 138 valence electrons. The van der Waals surface area contributed by atoms with Crippen molar-refractivity contribution in [1.82, 2.24) is 25.4 Å². The molecule has 1 aliphatic rings. The Kier molecular flexibility index (Phi) is 3.93. The van der Waals surface area contributed by atoms with Gasteiger partial charge >= 0.3 is 0 Å². The van der Waals surface area contributed by atoms with E-state index >= 15 is 0 Å². The molecule has 0 aliphatic heterocycles. The van der Waals surface area contributed by atoms with Gasteiger partial charge in [0.05, 0.1) is 6.04 Å². The van der Waals surface area contributed by atoms with E-state index in [1.807, 2.05) is 59.3 Å². The predicted molar refractivity (Wildman–Crippen MR) is 101 cm³/mol. The molecule has 2 aromatic carbocycles. The Morgan fingerprint density at radius 3 is 2.68 bits per heavy atom. The van der Waals surface area contributed by atoms with Crippen LogP contribution in [0.5, 0.6) is 0 Å². The molecule has 1 N–H and O–H groups in total. The first-order chi connectivity index (χ1) is 13.8. The van der Waals surface area contributed by atoms with Gasteiger partial charge in [0.2, 0.25) is 0 Å². The lowest BCUT2D eigenvalue weighted by Crippen LogP contribution is -2.12. The second-order valence-electron chi connectivity index (χ2n) is 6.66. The Labute approximate surface area is 160 Å². The molecule has 8 nitrogen and oxygen atoms in total. The van der Waals surface area contributed by atoms with E-state index in [0.29, 0.717) is 23.3 Å². The molecule has 1 fully saturated rings. The largest absolute Gasteiger partial charge is 0.355 e. The zero-order valence-corrected chi connectivity index (χ0v) is 14.8. The molecule has 2 heterocycles. The zero-order valence-electron chi connectivity index (χ0n) is 14.8. The van der Waals surface area contributed by atoms with E-state index in [2.05, 4.69) is 26.0 Å². The first kappa shape index (κ1) is 16.4. The minimum absolute atomic E-state index is 0.215. The number of nitrogens with zero attached hydrogens (tertiary/aromatic N) is 5. The number of tetrazole rings is 1. The number of hydrogen-bond donors (Lipinski definition) is 1. The van der Waals surface area contributed by atoms with Crippen molar-refractivity contribution in [3.05, 3.63) is 66.4 Å². The van der Waals surface area contributed by atoms with E-state index in [1.165, 1.54) is 0 Å². The summed E-state index contributed by atoms with van der Waals surface area (Å²) in [5.41, 5.74) is 2.56. The van der Waals surface area contributed by atoms with Crippen molar-refractivity contribution >= 4 is 11.6 Å². The van der Waals surface area contributed by atoms with E-state index in [4.69, 9.17) is 4.52 Å². The lowest BCUT2D eigenvalue weighted by atomic mass is 10.1. The molecule has 5 rings (SSSR count). The highest BCUT2D eigenvalue weighted by Crippen LogP contribution is 2.36. The van der Waals surface area contributed by atoms with Gasteiger partial charge in [-0.1, -0.05) is 47.6 Å². The number of carbonyl (C=O) groups excluding carboxylic acids is 1. The Balaban J connectivity index is 1.36. The number of hydrogen-bond acceptors (Lipinski definition) is 6. The summed E-state index contributed by atoms with van der Waals surface area (Å²) in [6.45, 7) is 0. The molecule has 1 aliphatic carbocycles. The Morgan fingerprint density at radius 1 is 1.04 bits per heavy atom. The summed E-state index contributed by atoms with van der Waals surface area (Å²) in [5, 5.41) is 18.7. The van der Waals surface area contributed by atoms with Crippen LogP contribution in [-0.2, 0) is 0 Å². The molecule has 0 saturated heterocycles. The van der Waals surface area contributed by atoms with Crippen molar-refractivity contribution in [2.24, 2.45) is 0 Å². The van der Waals surface area contributed by atoms with Crippen LogP contribution in [0.25, 0.3) is 22.7 Å². The van der Waals surface area contributed by atoms with Crippen LogP contribution in [0.15, 0.2) is 65.2 Å². The second kappa shape index (κ2) is 6.73. The monoisotopic (exact) mass is 372 g/mol. The van der Waals surface area contributed by atoms with Gasteiger partial charge in [-0.25, -0.2) is 4.68 Å². The SMILES string of the molecule is O=C(Nc1cccc(-c2nnnn2C2CC2)c1)c1cc(-c2ccccc2)on1. The number of nitrogens with one attached hydrogen (secondary N) is 1. The third-order valence-corrected chi connectivity index (χ3v) is 4.57. The summed E-state index contributed by atoms with van der Waals surface area (Å²) < 4.78 is 7.14. The van der Waals surface area contributed by atoms with Gasteiger partial charge in [-0.3, -0.25) is 4.79 Å². The number of carbonyl (C=O) groups is 1. The van der Waals surface area contributed by atoms with E-state index < -0.39 is 0 Å². The van der Waals surface area contributed by atoms with Gasteiger partial charge in [-0.2, -0.15) is 0 Å². The van der Waals surface area contributed by atoms with E-state index in [0.717, 1.165) is 24.0 Å². The predicted octanol–water partition coefficient (Wildman–Crippen LogP) is 3.58. The maximum absolute atomic E-state index is 12.6. The van der Waals surface area contributed by atoms with E-state index in [1.54, 1.807) is 6.07 Å². The highest BCUT2D eigenvalue weighted by molar-refractivity contribution is 6.03. The molecular weight excluding hydrogens is 356 g/mol. The second-order valence-corrected chi connectivity index (χ2v) is 6.66. The fraction of sp³-hybridized carbons (Fsp3) is 0.150. The molecule has 8 heteroatoms. The average molecular weight is 372 g/mol. The van der Waals surface area contributed by atoms with Crippen LogP contribution in [-0.4, -0.2) is 31.3 Å². The Hall–Kier alpha value is -3.81. The molecule has 1 amide bonds. The Bertz CT molecular complexity index is 1130. The number of benzene rings is 2. The lowest BCUT2D eigenvalue weighted by Gasteiger charge is -2.06. The van der Waals surface area contributed by atoms with Crippen molar-refractivity contribution in [3.8, 4) is 22.7 Å². The quantitative estimate of drug-likeness (QED) is 0.575. The fourth-order valence-corrected chi connectivity index (χ4v) is 3.00. The normalized spacial score (nSPS) is 13.4. The molecule has 0 radical (unpaired) electrons. The topological polar surface area (TPSA) is 98.7 Å². The van der Waals surface area contributed by atoms with Gasteiger partial charge in [0.25, 0.3) is 5.91 Å². The Morgan fingerprint density at radius 2 is 1.86 bits per heavy atom. The van der Waals surface area contributed by atoms with Gasteiger partial charge in [0, 0.05) is 22.9 Å². The lowest BCUT2D eigenvalue weighted by molar-refractivity contribution is 0.101. The van der Waals surface area contributed by atoms with E-state index in [-0.39, 0.29) is 11.6 Å². The highest BCUT2D eigenvalue weighted by Gasteiger charge is 2.28. The van der Waals surface area contributed by atoms with Gasteiger partial charge in [0.15, 0.2) is 17.3 Å². The van der Waals surface area contributed by atoms with Crippen molar-refractivity contribution < 1.29 is 9.32 Å². The van der Waals surface area contributed by atoms with Crippen LogP contribution in [0.3, 0.4) is 0 Å². The average Bonchev–Trinajstić information content (AvgIpc) is 3.26. The standard InChI is InChI=1S/C20H16N6O2/c27-20(17-12-18(28-23-17)13-5-2-1-3-6-13)21-15-8-4-7-14(11-15)19-22-24-25-26(19)16-9-10-16/h1-8,11-12,16H,9-10H2,(H,21,27). The number of anilines is 1. The zero-order chi connectivity index (χ0) is 18.9. The van der Waals surface area contributed by atoms with Gasteiger partial charge in [0.1, 0.15) is 0 Å². The molecular formula is C20H16N6O2. The van der Waals surface area contributed by atoms with E-state index in [9.17, 15) is 4.79 Å².